The summed E-state index contributed by atoms with van der Waals surface area (Å²) in [6.45, 7) is 5.35. The highest BCUT2D eigenvalue weighted by Crippen LogP contribution is 2.43. The van der Waals surface area contributed by atoms with Crippen LogP contribution in [-0.2, 0) is 16.1 Å². The van der Waals surface area contributed by atoms with Crippen molar-refractivity contribution in [3.8, 4) is 34.1 Å². The summed E-state index contributed by atoms with van der Waals surface area (Å²) in [5.41, 5.74) is -0.130. The molecule has 232 valence electrons. The standard InChI is InChI=1S/C33H36N2O9/c1-33(2,3)44-32(38)34(4)35-28(31(37)42-8)27(21-16-25(39-5)29(41-7)26(17-21)40-6)23-15-14-22(18-24(23)30(35)36)43-19-20-12-10-9-11-13-20/h9-18H,19H2,1-8H3. The Kier molecular flexibility index (Phi) is 9.37. The number of carbonyl (C=O) groups excluding carboxylic acids is 2. The second-order valence-corrected chi connectivity index (χ2v) is 10.7. The highest BCUT2D eigenvalue weighted by molar-refractivity contribution is 6.08. The van der Waals surface area contributed by atoms with Crippen molar-refractivity contribution in [1.82, 2.24) is 4.68 Å². The molecule has 0 saturated heterocycles. The van der Waals surface area contributed by atoms with Crippen LogP contribution >= 0.6 is 0 Å². The molecule has 0 spiro atoms. The predicted octanol–water partition coefficient (Wildman–Crippen LogP) is 5.56. The number of hydrogen-bond acceptors (Lipinski definition) is 9. The molecule has 11 heteroatoms. The minimum absolute atomic E-state index is 0.169. The number of benzene rings is 3. The van der Waals surface area contributed by atoms with E-state index in [0.717, 1.165) is 15.2 Å². The average Bonchev–Trinajstić information content (AvgIpc) is 3.01. The van der Waals surface area contributed by atoms with Gasteiger partial charge in [-0.2, -0.15) is 0 Å². The number of rotatable bonds is 9. The van der Waals surface area contributed by atoms with Crippen LogP contribution in [0.2, 0.25) is 0 Å². The Morgan fingerprint density at radius 1 is 0.841 bits per heavy atom. The van der Waals surface area contributed by atoms with Crippen molar-refractivity contribution in [2.45, 2.75) is 33.0 Å². The third kappa shape index (κ3) is 6.41. The van der Waals surface area contributed by atoms with Gasteiger partial charge in [0.25, 0.3) is 5.56 Å². The second-order valence-electron chi connectivity index (χ2n) is 10.7. The summed E-state index contributed by atoms with van der Waals surface area (Å²) in [4.78, 5) is 41.0. The zero-order valence-electron chi connectivity index (χ0n) is 26.0. The van der Waals surface area contributed by atoms with E-state index in [4.69, 9.17) is 28.4 Å². The monoisotopic (exact) mass is 604 g/mol. The number of ether oxygens (including phenoxy) is 6. The van der Waals surface area contributed by atoms with Gasteiger partial charge in [0.05, 0.1) is 33.8 Å². The van der Waals surface area contributed by atoms with Crippen molar-refractivity contribution < 1.29 is 38.0 Å². The van der Waals surface area contributed by atoms with Gasteiger partial charge in [-0.15, -0.1) is 0 Å². The number of fused-ring (bicyclic) bond motifs is 1. The van der Waals surface area contributed by atoms with Crippen LogP contribution in [-0.4, -0.2) is 57.8 Å². The summed E-state index contributed by atoms with van der Waals surface area (Å²) in [5.74, 6) is 0.497. The molecule has 0 aliphatic heterocycles. The number of esters is 1. The molecule has 44 heavy (non-hydrogen) atoms. The van der Waals surface area contributed by atoms with E-state index in [-0.39, 0.29) is 23.3 Å². The van der Waals surface area contributed by atoms with Crippen molar-refractivity contribution in [2.75, 3.05) is 40.5 Å². The maximum atomic E-state index is 14.2. The van der Waals surface area contributed by atoms with Gasteiger partial charge in [-0.1, -0.05) is 30.3 Å². The van der Waals surface area contributed by atoms with Gasteiger partial charge in [-0.05, 0) is 67.6 Å². The molecule has 1 aromatic heterocycles. The maximum absolute atomic E-state index is 14.2. The number of carbonyl (C=O) groups is 2. The van der Waals surface area contributed by atoms with E-state index in [1.165, 1.54) is 35.5 Å². The Balaban J connectivity index is 2.07. The Labute approximate surface area is 255 Å². The van der Waals surface area contributed by atoms with Crippen LogP contribution in [0.15, 0.2) is 65.5 Å². The summed E-state index contributed by atoms with van der Waals surface area (Å²) >= 11 is 0. The first-order valence-electron chi connectivity index (χ1n) is 13.7. The molecule has 0 aliphatic carbocycles. The van der Waals surface area contributed by atoms with Crippen LogP contribution in [0.25, 0.3) is 21.9 Å². The number of pyridine rings is 1. The van der Waals surface area contributed by atoms with Gasteiger partial charge in [0.15, 0.2) is 17.2 Å². The van der Waals surface area contributed by atoms with E-state index in [0.29, 0.717) is 33.9 Å². The number of amides is 1. The fourth-order valence-corrected chi connectivity index (χ4v) is 4.70. The smallest absolute Gasteiger partial charge is 0.429 e. The molecular formula is C33H36N2O9. The summed E-state index contributed by atoms with van der Waals surface area (Å²) in [6.07, 6.45) is -0.864. The quantitative estimate of drug-likeness (QED) is 0.226. The van der Waals surface area contributed by atoms with Crippen LogP contribution < -0.4 is 29.5 Å². The molecule has 1 heterocycles. The summed E-state index contributed by atoms with van der Waals surface area (Å²) in [5, 5.41) is 1.51. The second kappa shape index (κ2) is 13.0. The van der Waals surface area contributed by atoms with Crippen molar-refractivity contribution in [3.05, 3.63) is 82.3 Å². The van der Waals surface area contributed by atoms with Gasteiger partial charge in [0, 0.05) is 12.6 Å². The van der Waals surface area contributed by atoms with Crippen molar-refractivity contribution in [1.29, 1.82) is 0 Å². The summed E-state index contributed by atoms with van der Waals surface area (Å²) in [7, 11) is 6.93. The first kappa shape index (κ1) is 31.7. The van der Waals surface area contributed by atoms with Gasteiger partial charge in [-0.25, -0.2) is 19.3 Å². The summed E-state index contributed by atoms with van der Waals surface area (Å²) < 4.78 is 34.3. The van der Waals surface area contributed by atoms with Gasteiger partial charge < -0.3 is 28.4 Å². The lowest BCUT2D eigenvalue weighted by Crippen LogP contribution is -2.48. The van der Waals surface area contributed by atoms with E-state index >= 15 is 0 Å². The number of nitrogens with zero attached hydrogens (tertiary/aromatic N) is 2. The van der Waals surface area contributed by atoms with Crippen molar-refractivity contribution in [3.63, 3.8) is 0 Å². The van der Waals surface area contributed by atoms with E-state index in [2.05, 4.69) is 0 Å². The molecule has 4 aromatic rings. The lowest BCUT2D eigenvalue weighted by atomic mass is 9.96. The van der Waals surface area contributed by atoms with Gasteiger partial charge in [-0.3, -0.25) is 4.79 Å². The Morgan fingerprint density at radius 2 is 1.48 bits per heavy atom. The SMILES string of the molecule is COC(=O)c1c(-c2cc(OC)c(OC)c(OC)c2)c2ccc(OCc3ccccc3)cc2c(=O)n1N(C)C(=O)OC(C)(C)C. The van der Waals surface area contributed by atoms with Crippen molar-refractivity contribution >= 4 is 22.8 Å². The highest BCUT2D eigenvalue weighted by Gasteiger charge is 2.31. The van der Waals surface area contributed by atoms with Crippen LogP contribution in [0.1, 0.15) is 36.8 Å². The van der Waals surface area contributed by atoms with E-state index in [9.17, 15) is 14.4 Å². The normalized spacial score (nSPS) is 11.1. The van der Waals surface area contributed by atoms with Crippen LogP contribution in [0.3, 0.4) is 0 Å². The zero-order valence-corrected chi connectivity index (χ0v) is 26.0. The molecule has 1 amide bonds. The van der Waals surface area contributed by atoms with Crippen molar-refractivity contribution in [2.24, 2.45) is 0 Å². The van der Waals surface area contributed by atoms with E-state index in [1.54, 1.807) is 51.1 Å². The van der Waals surface area contributed by atoms with Gasteiger partial charge in [0.2, 0.25) is 5.75 Å². The number of aromatic nitrogens is 1. The van der Waals surface area contributed by atoms with Gasteiger partial charge in [0.1, 0.15) is 18.0 Å². The zero-order chi connectivity index (χ0) is 32.2. The molecule has 0 unspecified atom stereocenters. The third-order valence-electron chi connectivity index (χ3n) is 6.67. The highest BCUT2D eigenvalue weighted by atomic mass is 16.6. The van der Waals surface area contributed by atoms with E-state index < -0.39 is 23.2 Å². The number of methoxy groups -OCH3 is 4. The fraction of sp³-hybridized carbons (Fsp3) is 0.303. The van der Waals surface area contributed by atoms with Crippen LogP contribution in [0, 0.1) is 0 Å². The molecule has 0 saturated carbocycles. The minimum atomic E-state index is -0.880. The molecule has 11 nitrogen and oxygen atoms in total. The summed E-state index contributed by atoms with van der Waals surface area (Å²) in [6, 6.07) is 17.8. The average molecular weight is 605 g/mol. The van der Waals surface area contributed by atoms with Crippen LogP contribution in [0.5, 0.6) is 23.0 Å². The Morgan fingerprint density at radius 3 is 2.02 bits per heavy atom. The van der Waals surface area contributed by atoms with E-state index in [1.807, 2.05) is 30.3 Å². The molecule has 0 N–H and O–H groups in total. The molecule has 0 fully saturated rings. The maximum Gasteiger partial charge on any atom is 0.429 e. The van der Waals surface area contributed by atoms with Gasteiger partial charge >= 0.3 is 12.1 Å². The molecular weight excluding hydrogens is 568 g/mol. The Hall–Kier alpha value is -5.19. The van der Waals surface area contributed by atoms with Crippen LogP contribution in [0.4, 0.5) is 4.79 Å². The molecule has 0 aliphatic rings. The molecule has 4 rings (SSSR count). The molecule has 0 atom stereocenters. The first-order valence-corrected chi connectivity index (χ1v) is 13.7. The third-order valence-corrected chi connectivity index (χ3v) is 6.67. The molecule has 0 bridgehead atoms. The lowest BCUT2D eigenvalue weighted by Gasteiger charge is -2.28. The molecule has 0 radical (unpaired) electrons. The molecule has 3 aromatic carbocycles. The lowest BCUT2D eigenvalue weighted by molar-refractivity contribution is 0.0534. The largest absolute Gasteiger partial charge is 0.493 e. The minimum Gasteiger partial charge on any atom is -0.493 e. The number of hydrogen-bond donors (Lipinski definition) is 0. The predicted molar refractivity (Wildman–Crippen MR) is 166 cm³/mol. The fourth-order valence-electron chi connectivity index (χ4n) is 4.70. The topological polar surface area (TPSA) is 115 Å². The first-order chi connectivity index (χ1) is 20.9. The Bertz CT molecular complexity index is 1720.